The molecule has 0 saturated carbocycles. The van der Waals surface area contributed by atoms with Gasteiger partial charge < -0.3 is 5.32 Å². The van der Waals surface area contributed by atoms with E-state index in [9.17, 15) is 0 Å². The zero-order chi connectivity index (χ0) is 13.7. The molecule has 0 aliphatic carbocycles. The number of halogens is 1. The Balaban J connectivity index is 2.14. The molecule has 0 aliphatic heterocycles. The topological polar surface area (TPSA) is 55.6 Å². The van der Waals surface area contributed by atoms with Gasteiger partial charge in [-0.1, -0.05) is 41.1 Å². The Morgan fingerprint density at radius 2 is 2.16 bits per heavy atom. The molecule has 0 radical (unpaired) electrons. The van der Waals surface area contributed by atoms with Gasteiger partial charge in [0.05, 0.1) is 12.6 Å². The second-order valence-electron chi connectivity index (χ2n) is 4.46. The highest BCUT2D eigenvalue weighted by Crippen LogP contribution is 2.18. The van der Waals surface area contributed by atoms with E-state index in [0.717, 1.165) is 23.3 Å². The lowest BCUT2D eigenvalue weighted by molar-refractivity contribution is 0.503. The van der Waals surface area contributed by atoms with Crippen molar-refractivity contribution in [3.8, 4) is 0 Å². The molecule has 0 amide bonds. The number of nitrogens with zero attached hydrogens (tertiary/aromatic N) is 4. The summed E-state index contributed by atoms with van der Waals surface area (Å²) in [5.41, 5.74) is 1.17. The third-order valence-electron chi connectivity index (χ3n) is 2.93. The Bertz CT molecular complexity index is 525. The highest BCUT2D eigenvalue weighted by Gasteiger charge is 2.14. The molecule has 0 bridgehead atoms. The van der Waals surface area contributed by atoms with Crippen molar-refractivity contribution in [3.05, 3.63) is 40.1 Å². The first-order chi connectivity index (χ1) is 9.22. The summed E-state index contributed by atoms with van der Waals surface area (Å²) in [5.74, 6) is 0.865. The van der Waals surface area contributed by atoms with Crippen LogP contribution in [-0.4, -0.2) is 26.8 Å². The van der Waals surface area contributed by atoms with Crippen LogP contribution in [0.4, 0.5) is 0 Å². The summed E-state index contributed by atoms with van der Waals surface area (Å²) < 4.78 is 2.92. The van der Waals surface area contributed by atoms with Gasteiger partial charge in [-0.05, 0) is 41.9 Å². The largest absolute Gasteiger partial charge is 0.307 e. The van der Waals surface area contributed by atoms with Gasteiger partial charge in [0, 0.05) is 4.47 Å². The van der Waals surface area contributed by atoms with Crippen molar-refractivity contribution in [2.45, 2.75) is 32.9 Å². The number of rotatable bonds is 6. The summed E-state index contributed by atoms with van der Waals surface area (Å²) in [6.07, 6.45) is 1.09. The maximum Gasteiger partial charge on any atom is 0.168 e. The normalized spacial score (nSPS) is 12.6. The Hall–Kier alpha value is -1.27. The Morgan fingerprint density at radius 1 is 1.37 bits per heavy atom. The van der Waals surface area contributed by atoms with Crippen LogP contribution < -0.4 is 5.32 Å². The summed E-state index contributed by atoms with van der Waals surface area (Å²) >= 11 is 3.55. The zero-order valence-electron chi connectivity index (χ0n) is 11.2. The van der Waals surface area contributed by atoms with Crippen LogP contribution in [0.1, 0.15) is 37.7 Å². The minimum atomic E-state index is 0.150. The molecule has 1 heterocycles. The van der Waals surface area contributed by atoms with E-state index < -0.39 is 0 Å². The maximum atomic E-state index is 4.12. The molecule has 2 rings (SSSR count). The molecular formula is C13H18BrN5. The van der Waals surface area contributed by atoms with Crippen LogP contribution >= 0.6 is 15.9 Å². The van der Waals surface area contributed by atoms with E-state index in [4.69, 9.17) is 0 Å². The molecule has 0 saturated heterocycles. The molecule has 5 nitrogen and oxygen atoms in total. The first kappa shape index (κ1) is 14.1. The Morgan fingerprint density at radius 3 is 2.89 bits per heavy atom. The first-order valence-corrected chi connectivity index (χ1v) is 7.24. The van der Waals surface area contributed by atoms with Crippen LogP contribution in [0.5, 0.6) is 0 Å². The van der Waals surface area contributed by atoms with E-state index in [1.807, 2.05) is 22.9 Å². The van der Waals surface area contributed by atoms with Crippen LogP contribution in [0.25, 0.3) is 0 Å². The summed E-state index contributed by atoms with van der Waals surface area (Å²) in [6.45, 7) is 5.85. The predicted molar refractivity (Wildman–Crippen MR) is 77.8 cm³/mol. The lowest BCUT2D eigenvalue weighted by Gasteiger charge is -2.13. The number of aromatic nitrogens is 4. The van der Waals surface area contributed by atoms with E-state index in [0.29, 0.717) is 6.54 Å². The molecule has 1 atom stereocenters. The highest BCUT2D eigenvalue weighted by atomic mass is 79.9. The van der Waals surface area contributed by atoms with Crippen LogP contribution in [0, 0.1) is 0 Å². The van der Waals surface area contributed by atoms with E-state index in [1.165, 1.54) is 5.56 Å². The minimum absolute atomic E-state index is 0.150. The van der Waals surface area contributed by atoms with Gasteiger partial charge in [-0.25, -0.2) is 4.68 Å². The van der Waals surface area contributed by atoms with Gasteiger partial charge in [0.2, 0.25) is 0 Å². The Labute approximate surface area is 121 Å². The fourth-order valence-electron chi connectivity index (χ4n) is 1.87. The van der Waals surface area contributed by atoms with Crippen LogP contribution in [0.3, 0.4) is 0 Å². The lowest BCUT2D eigenvalue weighted by atomic mass is 10.2. The molecule has 0 fully saturated rings. The van der Waals surface area contributed by atoms with Crippen molar-refractivity contribution in [2.75, 3.05) is 6.54 Å². The van der Waals surface area contributed by atoms with Crippen molar-refractivity contribution >= 4 is 15.9 Å². The number of tetrazole rings is 1. The van der Waals surface area contributed by atoms with Gasteiger partial charge in [-0.15, -0.1) is 5.10 Å². The second-order valence-corrected chi connectivity index (χ2v) is 5.32. The molecule has 1 unspecified atom stereocenters. The van der Waals surface area contributed by atoms with Gasteiger partial charge >= 0.3 is 0 Å². The lowest BCUT2D eigenvalue weighted by Crippen LogP contribution is -2.23. The van der Waals surface area contributed by atoms with E-state index in [1.54, 1.807) is 0 Å². The smallest absolute Gasteiger partial charge is 0.168 e. The average Bonchev–Trinajstić information content (AvgIpc) is 2.87. The number of benzene rings is 1. The van der Waals surface area contributed by atoms with E-state index in [-0.39, 0.29) is 6.04 Å². The van der Waals surface area contributed by atoms with Crippen molar-refractivity contribution in [1.82, 2.24) is 25.5 Å². The standard InChI is InChI=1S/C13H18BrN5/c1-3-8-15-10(2)13-16-17-18-19(13)9-11-6-4-5-7-12(11)14/h4-7,10,15H,3,8-9H2,1-2H3. The number of hydrogen-bond donors (Lipinski definition) is 1. The maximum absolute atomic E-state index is 4.12. The molecule has 6 heteroatoms. The van der Waals surface area contributed by atoms with E-state index in [2.05, 4.69) is 56.7 Å². The summed E-state index contributed by atoms with van der Waals surface area (Å²) in [5, 5.41) is 15.4. The van der Waals surface area contributed by atoms with Crippen molar-refractivity contribution < 1.29 is 0 Å². The second kappa shape index (κ2) is 6.77. The van der Waals surface area contributed by atoms with Crippen molar-refractivity contribution in [3.63, 3.8) is 0 Å². The minimum Gasteiger partial charge on any atom is -0.307 e. The molecule has 1 N–H and O–H groups in total. The highest BCUT2D eigenvalue weighted by molar-refractivity contribution is 9.10. The molecular weight excluding hydrogens is 306 g/mol. The van der Waals surface area contributed by atoms with E-state index >= 15 is 0 Å². The van der Waals surface area contributed by atoms with Gasteiger partial charge in [-0.3, -0.25) is 0 Å². The van der Waals surface area contributed by atoms with Crippen molar-refractivity contribution in [1.29, 1.82) is 0 Å². The van der Waals surface area contributed by atoms with Crippen LogP contribution in [-0.2, 0) is 6.54 Å². The third kappa shape index (κ3) is 3.61. The van der Waals surface area contributed by atoms with Gasteiger partial charge in [0.25, 0.3) is 0 Å². The molecule has 0 aliphatic rings. The molecule has 102 valence electrons. The summed E-state index contributed by atoms with van der Waals surface area (Å²) in [6, 6.07) is 8.26. The van der Waals surface area contributed by atoms with Crippen molar-refractivity contribution in [2.24, 2.45) is 0 Å². The van der Waals surface area contributed by atoms with Gasteiger partial charge in [0.1, 0.15) is 0 Å². The molecule has 1 aromatic heterocycles. The van der Waals surface area contributed by atoms with Gasteiger partial charge in [0.15, 0.2) is 5.82 Å². The number of nitrogens with one attached hydrogen (secondary N) is 1. The van der Waals surface area contributed by atoms with Gasteiger partial charge in [-0.2, -0.15) is 0 Å². The predicted octanol–water partition coefficient (Wildman–Crippen LogP) is 2.54. The molecule has 0 spiro atoms. The molecule has 2 aromatic rings. The quantitative estimate of drug-likeness (QED) is 0.887. The fourth-order valence-corrected chi connectivity index (χ4v) is 2.28. The third-order valence-corrected chi connectivity index (χ3v) is 3.70. The fraction of sp³-hybridized carbons (Fsp3) is 0.462. The molecule has 19 heavy (non-hydrogen) atoms. The average molecular weight is 324 g/mol. The zero-order valence-corrected chi connectivity index (χ0v) is 12.8. The monoisotopic (exact) mass is 323 g/mol. The first-order valence-electron chi connectivity index (χ1n) is 6.45. The summed E-state index contributed by atoms with van der Waals surface area (Å²) in [4.78, 5) is 0. The van der Waals surface area contributed by atoms with Crippen LogP contribution in [0.2, 0.25) is 0 Å². The summed E-state index contributed by atoms with van der Waals surface area (Å²) in [7, 11) is 0. The van der Waals surface area contributed by atoms with Crippen LogP contribution in [0.15, 0.2) is 28.7 Å². The molecule has 1 aromatic carbocycles. The Kier molecular flexibility index (Phi) is 5.04. The number of hydrogen-bond acceptors (Lipinski definition) is 4. The SMILES string of the molecule is CCCNC(C)c1nnnn1Cc1ccccc1Br.